The fraction of sp³-hybridized carbons (Fsp3) is 0.0769. The Kier molecular flexibility index (Phi) is 3.23. The number of aromatic nitrogens is 1. The highest BCUT2D eigenvalue weighted by Gasteiger charge is 2.14. The highest BCUT2D eigenvalue weighted by Crippen LogP contribution is 2.19. The molecule has 0 saturated heterocycles. The molecule has 0 fully saturated rings. The van der Waals surface area contributed by atoms with Gasteiger partial charge in [-0.15, -0.1) is 0 Å². The number of carbonyl (C=O) groups excluding carboxylic acids is 1. The number of Topliss-reactive ketones (excluding diaryl/α,β-unsaturated/α-hetero) is 1. The van der Waals surface area contributed by atoms with E-state index in [9.17, 15) is 9.18 Å². The first kappa shape index (κ1) is 12.0. The average molecular weight is 245 g/mol. The molecule has 18 heavy (non-hydrogen) atoms. The van der Waals surface area contributed by atoms with Gasteiger partial charge in [-0.05, 0) is 18.2 Å². The fourth-order valence-electron chi connectivity index (χ4n) is 1.63. The summed E-state index contributed by atoms with van der Waals surface area (Å²) in [7, 11) is 0. The molecule has 2 aromatic rings. The second-order valence-corrected chi connectivity index (χ2v) is 3.88. The fourth-order valence-corrected chi connectivity index (χ4v) is 1.63. The van der Waals surface area contributed by atoms with Crippen molar-refractivity contribution in [1.29, 1.82) is 0 Å². The van der Waals surface area contributed by atoms with Gasteiger partial charge < -0.3 is 11.5 Å². The summed E-state index contributed by atoms with van der Waals surface area (Å²) in [5, 5.41) is 0. The van der Waals surface area contributed by atoms with E-state index in [-0.39, 0.29) is 23.5 Å². The molecule has 0 atom stereocenters. The van der Waals surface area contributed by atoms with Crippen LogP contribution >= 0.6 is 0 Å². The molecule has 0 saturated carbocycles. The molecule has 1 aromatic carbocycles. The first-order valence-corrected chi connectivity index (χ1v) is 5.35. The number of nitrogen functional groups attached to an aromatic ring is 2. The van der Waals surface area contributed by atoms with Gasteiger partial charge in [0, 0.05) is 35.6 Å². The van der Waals surface area contributed by atoms with E-state index in [2.05, 4.69) is 4.98 Å². The Balaban J connectivity index is 2.28. The SMILES string of the molecule is Nc1ccncc1CC(=O)c1cccc(F)c1N. The van der Waals surface area contributed by atoms with E-state index in [1.807, 2.05) is 0 Å². The number of ketones is 1. The van der Waals surface area contributed by atoms with E-state index in [4.69, 9.17) is 11.5 Å². The predicted molar refractivity (Wildman–Crippen MR) is 67.5 cm³/mol. The van der Waals surface area contributed by atoms with Crippen LogP contribution in [0.15, 0.2) is 36.7 Å². The maximum Gasteiger partial charge on any atom is 0.169 e. The van der Waals surface area contributed by atoms with Gasteiger partial charge in [0.2, 0.25) is 0 Å². The Morgan fingerprint density at radius 2 is 2.06 bits per heavy atom. The second kappa shape index (κ2) is 4.83. The van der Waals surface area contributed by atoms with E-state index in [0.717, 1.165) is 0 Å². The molecule has 1 aromatic heterocycles. The topological polar surface area (TPSA) is 82.0 Å². The number of pyridine rings is 1. The molecule has 0 bridgehead atoms. The Labute approximate surface area is 103 Å². The maximum absolute atomic E-state index is 13.2. The molecule has 0 radical (unpaired) electrons. The molecule has 2 rings (SSSR count). The minimum Gasteiger partial charge on any atom is -0.398 e. The second-order valence-electron chi connectivity index (χ2n) is 3.88. The molecule has 92 valence electrons. The normalized spacial score (nSPS) is 10.3. The molecule has 0 aliphatic carbocycles. The zero-order valence-electron chi connectivity index (χ0n) is 9.56. The van der Waals surface area contributed by atoms with Crippen molar-refractivity contribution in [3.63, 3.8) is 0 Å². The van der Waals surface area contributed by atoms with Crippen molar-refractivity contribution in [2.24, 2.45) is 0 Å². The Hall–Kier alpha value is -2.43. The lowest BCUT2D eigenvalue weighted by molar-refractivity contribution is 0.0993. The van der Waals surface area contributed by atoms with Gasteiger partial charge in [0.05, 0.1) is 5.69 Å². The summed E-state index contributed by atoms with van der Waals surface area (Å²) in [6, 6.07) is 5.76. The number of para-hydroxylation sites is 1. The van der Waals surface area contributed by atoms with E-state index in [1.165, 1.54) is 24.4 Å². The van der Waals surface area contributed by atoms with Gasteiger partial charge in [0.25, 0.3) is 0 Å². The Bertz CT molecular complexity index is 599. The standard InChI is InChI=1S/C13H12FN3O/c14-10-3-1-2-9(13(10)16)12(18)6-8-7-17-5-4-11(8)15/h1-5,7H,6,16H2,(H2,15,17). The summed E-state index contributed by atoms with van der Waals surface area (Å²) in [5.74, 6) is -0.883. The van der Waals surface area contributed by atoms with Gasteiger partial charge in [0.1, 0.15) is 5.82 Å². The zero-order valence-corrected chi connectivity index (χ0v) is 9.56. The van der Waals surface area contributed by atoms with E-state index < -0.39 is 5.82 Å². The molecule has 0 unspecified atom stereocenters. The lowest BCUT2D eigenvalue weighted by Crippen LogP contribution is -2.09. The minimum atomic E-state index is -0.597. The highest BCUT2D eigenvalue weighted by atomic mass is 19.1. The van der Waals surface area contributed by atoms with E-state index >= 15 is 0 Å². The number of nitrogens with two attached hydrogens (primary N) is 2. The van der Waals surface area contributed by atoms with Gasteiger partial charge in [0.15, 0.2) is 5.78 Å². The lowest BCUT2D eigenvalue weighted by atomic mass is 10.0. The summed E-state index contributed by atoms with van der Waals surface area (Å²) in [4.78, 5) is 15.9. The third-order valence-electron chi connectivity index (χ3n) is 2.65. The van der Waals surface area contributed by atoms with Crippen LogP contribution < -0.4 is 11.5 Å². The van der Waals surface area contributed by atoms with Crippen molar-refractivity contribution < 1.29 is 9.18 Å². The van der Waals surface area contributed by atoms with Crippen LogP contribution in [-0.4, -0.2) is 10.8 Å². The molecule has 5 heteroatoms. The zero-order chi connectivity index (χ0) is 13.1. The minimum absolute atomic E-state index is 0.0489. The third-order valence-corrected chi connectivity index (χ3v) is 2.65. The molecule has 0 aliphatic heterocycles. The summed E-state index contributed by atoms with van der Waals surface area (Å²) in [5.41, 5.74) is 12.4. The van der Waals surface area contributed by atoms with Crippen LogP contribution in [0.5, 0.6) is 0 Å². The van der Waals surface area contributed by atoms with Crippen LogP contribution in [0.4, 0.5) is 15.8 Å². The highest BCUT2D eigenvalue weighted by molar-refractivity contribution is 6.02. The molecular formula is C13H12FN3O. The van der Waals surface area contributed by atoms with Crippen LogP contribution in [0.2, 0.25) is 0 Å². The largest absolute Gasteiger partial charge is 0.398 e. The monoisotopic (exact) mass is 245 g/mol. The van der Waals surface area contributed by atoms with Crippen molar-refractivity contribution in [1.82, 2.24) is 4.98 Å². The molecule has 4 N–H and O–H groups in total. The number of hydrogen-bond acceptors (Lipinski definition) is 4. The van der Waals surface area contributed by atoms with Crippen LogP contribution in [0.3, 0.4) is 0 Å². The first-order chi connectivity index (χ1) is 8.59. The number of hydrogen-bond donors (Lipinski definition) is 2. The van der Waals surface area contributed by atoms with Gasteiger partial charge in [-0.1, -0.05) is 6.07 Å². The smallest absolute Gasteiger partial charge is 0.169 e. The Morgan fingerprint density at radius 1 is 1.28 bits per heavy atom. The number of nitrogens with zero attached hydrogens (tertiary/aromatic N) is 1. The predicted octanol–water partition coefficient (Wildman–Crippen LogP) is 1.81. The summed E-state index contributed by atoms with van der Waals surface area (Å²) in [6.07, 6.45) is 3.11. The Morgan fingerprint density at radius 3 is 2.78 bits per heavy atom. The number of carbonyl (C=O) groups is 1. The summed E-state index contributed by atoms with van der Waals surface area (Å²) >= 11 is 0. The van der Waals surface area contributed by atoms with Crippen LogP contribution in [0, 0.1) is 5.82 Å². The first-order valence-electron chi connectivity index (χ1n) is 5.35. The number of benzene rings is 1. The number of halogens is 1. The number of rotatable bonds is 3. The van der Waals surface area contributed by atoms with Gasteiger partial charge in [-0.25, -0.2) is 4.39 Å². The van der Waals surface area contributed by atoms with Crippen molar-refractivity contribution in [2.45, 2.75) is 6.42 Å². The van der Waals surface area contributed by atoms with Crippen LogP contribution in [0.1, 0.15) is 15.9 Å². The molecule has 4 nitrogen and oxygen atoms in total. The van der Waals surface area contributed by atoms with Crippen molar-refractivity contribution in [3.05, 3.63) is 53.6 Å². The van der Waals surface area contributed by atoms with E-state index in [1.54, 1.807) is 12.3 Å². The quantitative estimate of drug-likeness (QED) is 0.638. The molecule has 0 spiro atoms. The van der Waals surface area contributed by atoms with Gasteiger partial charge in [-0.3, -0.25) is 9.78 Å². The molecule has 0 amide bonds. The van der Waals surface area contributed by atoms with Crippen molar-refractivity contribution >= 4 is 17.2 Å². The van der Waals surface area contributed by atoms with Crippen molar-refractivity contribution in [2.75, 3.05) is 11.5 Å². The molecular weight excluding hydrogens is 233 g/mol. The summed E-state index contributed by atoms with van der Waals surface area (Å²) < 4.78 is 13.2. The summed E-state index contributed by atoms with van der Waals surface area (Å²) in [6.45, 7) is 0. The van der Waals surface area contributed by atoms with Gasteiger partial charge >= 0.3 is 0 Å². The van der Waals surface area contributed by atoms with Crippen LogP contribution in [0.25, 0.3) is 0 Å². The number of anilines is 2. The maximum atomic E-state index is 13.2. The lowest BCUT2D eigenvalue weighted by Gasteiger charge is -2.07. The molecule has 1 heterocycles. The van der Waals surface area contributed by atoms with Crippen molar-refractivity contribution in [3.8, 4) is 0 Å². The van der Waals surface area contributed by atoms with E-state index in [0.29, 0.717) is 11.3 Å². The average Bonchev–Trinajstić information content (AvgIpc) is 2.35. The third kappa shape index (κ3) is 2.29. The van der Waals surface area contributed by atoms with Crippen LogP contribution in [-0.2, 0) is 6.42 Å². The molecule has 0 aliphatic rings. The van der Waals surface area contributed by atoms with Gasteiger partial charge in [-0.2, -0.15) is 0 Å².